The summed E-state index contributed by atoms with van der Waals surface area (Å²) < 4.78 is 29.6. The number of hydrogen-bond acceptors (Lipinski definition) is 5. The SMILES string of the molecule is O=C(c1ccc(F)c(F)c1)N1CCC(O)(Cn2cnc3c(cnn3-c3ccccc3)c2=O)CC1. The van der Waals surface area contributed by atoms with Crippen molar-refractivity contribution in [2.75, 3.05) is 13.1 Å². The van der Waals surface area contributed by atoms with E-state index in [0.717, 1.165) is 17.8 Å². The minimum absolute atomic E-state index is 0.0124. The van der Waals surface area contributed by atoms with Crippen LogP contribution in [0.3, 0.4) is 0 Å². The second kappa shape index (κ2) is 8.45. The van der Waals surface area contributed by atoms with E-state index in [1.807, 2.05) is 30.3 Å². The lowest BCUT2D eigenvalue weighted by Crippen LogP contribution is -2.49. The lowest BCUT2D eigenvalue weighted by Gasteiger charge is -2.38. The third kappa shape index (κ3) is 3.96. The highest BCUT2D eigenvalue weighted by molar-refractivity contribution is 5.94. The lowest BCUT2D eigenvalue weighted by molar-refractivity contribution is -0.0299. The van der Waals surface area contributed by atoms with Gasteiger partial charge in [0.15, 0.2) is 17.3 Å². The molecule has 5 rings (SSSR count). The standard InChI is InChI=1S/C24H21F2N5O3/c25-19-7-6-16(12-20(19)26)22(32)29-10-8-24(34,9-11-29)14-30-15-27-21-18(23(30)33)13-28-31(21)17-4-2-1-3-5-17/h1-7,12-13,15,34H,8-11,14H2. The van der Waals surface area contributed by atoms with E-state index in [-0.39, 0.29) is 43.6 Å². The minimum Gasteiger partial charge on any atom is -0.388 e. The Bertz CT molecular complexity index is 1430. The second-order valence-electron chi connectivity index (χ2n) is 8.45. The summed E-state index contributed by atoms with van der Waals surface area (Å²) in [5, 5.41) is 15.7. The van der Waals surface area contributed by atoms with Crippen LogP contribution in [-0.2, 0) is 6.54 Å². The Hall–Kier alpha value is -3.92. The zero-order chi connectivity index (χ0) is 23.9. The highest BCUT2D eigenvalue weighted by atomic mass is 19.2. The van der Waals surface area contributed by atoms with Crippen molar-refractivity contribution >= 4 is 16.9 Å². The van der Waals surface area contributed by atoms with Crippen molar-refractivity contribution in [3.63, 3.8) is 0 Å². The number of benzene rings is 2. The Labute approximate surface area is 192 Å². The molecule has 0 unspecified atom stereocenters. The number of carbonyl (C=O) groups is 1. The highest BCUT2D eigenvalue weighted by Gasteiger charge is 2.35. The van der Waals surface area contributed by atoms with Gasteiger partial charge in [-0.3, -0.25) is 14.2 Å². The average molecular weight is 465 g/mol. The van der Waals surface area contributed by atoms with Gasteiger partial charge in [-0.15, -0.1) is 0 Å². The fourth-order valence-electron chi connectivity index (χ4n) is 4.23. The first kappa shape index (κ1) is 21.9. The van der Waals surface area contributed by atoms with Gasteiger partial charge in [0.1, 0.15) is 11.7 Å². The number of likely N-dealkylation sites (tertiary alicyclic amines) is 1. The van der Waals surface area contributed by atoms with Crippen LogP contribution in [0.5, 0.6) is 0 Å². The number of carbonyl (C=O) groups excluding carboxylic acids is 1. The van der Waals surface area contributed by atoms with Crippen LogP contribution in [0.1, 0.15) is 23.2 Å². The fourth-order valence-corrected chi connectivity index (χ4v) is 4.23. The van der Waals surface area contributed by atoms with Gasteiger partial charge in [0, 0.05) is 18.7 Å². The van der Waals surface area contributed by atoms with Crippen molar-refractivity contribution in [3.8, 4) is 5.69 Å². The van der Waals surface area contributed by atoms with Gasteiger partial charge in [0.25, 0.3) is 11.5 Å². The maximum atomic E-state index is 13.5. The second-order valence-corrected chi connectivity index (χ2v) is 8.45. The van der Waals surface area contributed by atoms with E-state index in [4.69, 9.17) is 0 Å². The van der Waals surface area contributed by atoms with E-state index in [9.17, 15) is 23.5 Å². The summed E-state index contributed by atoms with van der Waals surface area (Å²) in [5.74, 6) is -2.54. The van der Waals surface area contributed by atoms with Gasteiger partial charge in [0.05, 0.1) is 24.0 Å². The normalized spacial score (nSPS) is 15.6. The van der Waals surface area contributed by atoms with Crippen LogP contribution in [-0.4, -0.2) is 53.9 Å². The van der Waals surface area contributed by atoms with E-state index < -0.39 is 23.1 Å². The van der Waals surface area contributed by atoms with Gasteiger partial charge >= 0.3 is 0 Å². The molecule has 34 heavy (non-hydrogen) atoms. The molecule has 1 fully saturated rings. The molecule has 1 aliphatic rings. The van der Waals surface area contributed by atoms with Gasteiger partial charge in [0.2, 0.25) is 0 Å². The molecule has 8 nitrogen and oxygen atoms in total. The van der Waals surface area contributed by atoms with Gasteiger partial charge in [-0.2, -0.15) is 5.10 Å². The molecule has 0 aliphatic carbocycles. The van der Waals surface area contributed by atoms with E-state index in [1.165, 1.54) is 28.1 Å². The lowest BCUT2D eigenvalue weighted by atomic mass is 9.91. The minimum atomic E-state index is -1.22. The van der Waals surface area contributed by atoms with E-state index in [2.05, 4.69) is 10.1 Å². The monoisotopic (exact) mass is 465 g/mol. The van der Waals surface area contributed by atoms with E-state index >= 15 is 0 Å². The largest absolute Gasteiger partial charge is 0.388 e. The van der Waals surface area contributed by atoms with Gasteiger partial charge < -0.3 is 10.0 Å². The summed E-state index contributed by atoms with van der Waals surface area (Å²) in [4.78, 5) is 31.5. The molecule has 0 radical (unpaired) electrons. The molecule has 1 N–H and O–H groups in total. The van der Waals surface area contributed by atoms with E-state index in [0.29, 0.717) is 11.0 Å². The number of aromatic nitrogens is 4. The molecule has 0 bridgehead atoms. The summed E-state index contributed by atoms with van der Waals surface area (Å²) in [6, 6.07) is 12.3. The molecule has 174 valence electrons. The Morgan fingerprint density at radius 2 is 1.79 bits per heavy atom. The molecular formula is C24H21F2N5O3. The topological polar surface area (TPSA) is 93.2 Å². The third-order valence-electron chi connectivity index (χ3n) is 6.17. The first-order chi connectivity index (χ1) is 16.3. The number of hydrogen-bond donors (Lipinski definition) is 1. The van der Waals surface area contributed by atoms with Crippen LogP contribution >= 0.6 is 0 Å². The number of nitrogens with zero attached hydrogens (tertiary/aromatic N) is 5. The smallest absolute Gasteiger partial charge is 0.264 e. The van der Waals surface area contributed by atoms with Crippen LogP contribution in [0.25, 0.3) is 16.7 Å². The Balaban J connectivity index is 1.31. The maximum Gasteiger partial charge on any atom is 0.264 e. The molecule has 10 heteroatoms. The molecule has 1 aliphatic heterocycles. The van der Waals surface area contributed by atoms with E-state index in [1.54, 1.807) is 4.68 Å². The number of fused-ring (bicyclic) bond motifs is 1. The number of halogens is 2. The number of piperidine rings is 1. The molecule has 2 aromatic carbocycles. The van der Waals surface area contributed by atoms with Crippen LogP contribution in [0.15, 0.2) is 65.8 Å². The first-order valence-corrected chi connectivity index (χ1v) is 10.8. The summed E-state index contributed by atoms with van der Waals surface area (Å²) in [5.41, 5.74) is -0.295. The summed E-state index contributed by atoms with van der Waals surface area (Å²) >= 11 is 0. The van der Waals surface area contributed by atoms with Crippen molar-refractivity contribution in [2.24, 2.45) is 0 Å². The Morgan fingerprint density at radius 1 is 1.06 bits per heavy atom. The fraction of sp³-hybridized carbons (Fsp3) is 0.250. The number of para-hydroxylation sites is 1. The van der Waals surface area contributed by atoms with Crippen LogP contribution in [0.2, 0.25) is 0 Å². The molecule has 1 amide bonds. The number of rotatable bonds is 4. The third-order valence-corrected chi connectivity index (χ3v) is 6.17. The van der Waals surface area contributed by atoms with Gasteiger partial charge in [-0.1, -0.05) is 18.2 Å². The molecule has 2 aromatic heterocycles. The van der Waals surface area contributed by atoms with Crippen molar-refractivity contribution in [3.05, 3.63) is 88.6 Å². The summed E-state index contributed by atoms with van der Waals surface area (Å²) in [6.07, 6.45) is 3.29. The maximum absolute atomic E-state index is 13.5. The van der Waals surface area contributed by atoms with Crippen molar-refractivity contribution in [2.45, 2.75) is 25.0 Å². The predicted octanol–water partition coefficient (Wildman–Crippen LogP) is 2.53. The molecule has 4 aromatic rings. The number of amides is 1. The quantitative estimate of drug-likeness (QED) is 0.500. The highest BCUT2D eigenvalue weighted by Crippen LogP contribution is 2.25. The molecule has 1 saturated heterocycles. The molecule has 0 saturated carbocycles. The van der Waals surface area contributed by atoms with Crippen molar-refractivity contribution in [1.82, 2.24) is 24.2 Å². The zero-order valence-electron chi connectivity index (χ0n) is 18.1. The van der Waals surface area contributed by atoms with Gasteiger partial charge in [-0.05, 0) is 43.2 Å². The van der Waals surface area contributed by atoms with Gasteiger partial charge in [-0.25, -0.2) is 18.4 Å². The molecule has 0 atom stereocenters. The van der Waals surface area contributed by atoms with Crippen LogP contribution in [0, 0.1) is 11.6 Å². The first-order valence-electron chi connectivity index (χ1n) is 10.8. The Morgan fingerprint density at radius 3 is 2.50 bits per heavy atom. The number of aliphatic hydroxyl groups is 1. The van der Waals surface area contributed by atoms with Crippen molar-refractivity contribution in [1.29, 1.82) is 0 Å². The zero-order valence-corrected chi connectivity index (χ0v) is 18.1. The molecular weight excluding hydrogens is 444 g/mol. The van der Waals surface area contributed by atoms with Crippen LogP contribution in [0.4, 0.5) is 8.78 Å². The van der Waals surface area contributed by atoms with Crippen LogP contribution < -0.4 is 5.56 Å². The predicted molar refractivity (Wildman–Crippen MR) is 120 cm³/mol. The average Bonchev–Trinajstić information content (AvgIpc) is 3.28. The molecule has 0 spiro atoms. The van der Waals surface area contributed by atoms with Crippen molar-refractivity contribution < 1.29 is 18.7 Å². The molecule has 3 heterocycles. The summed E-state index contributed by atoms with van der Waals surface area (Å²) in [6.45, 7) is 0.438. The summed E-state index contributed by atoms with van der Waals surface area (Å²) in [7, 11) is 0. The Kier molecular flexibility index (Phi) is 5.45.